The van der Waals surface area contributed by atoms with Crippen LogP contribution in [0.25, 0.3) is 55.9 Å². The Balaban J connectivity index is 0.982. The first-order chi connectivity index (χ1) is 27.6. The van der Waals surface area contributed by atoms with Crippen molar-refractivity contribution < 1.29 is 2.74 Å². The zero-order valence-corrected chi connectivity index (χ0v) is 29.7. The van der Waals surface area contributed by atoms with Crippen LogP contribution in [-0.2, 0) is 0 Å². The molecule has 254 valence electrons. The number of anilines is 3. The van der Waals surface area contributed by atoms with E-state index in [9.17, 15) is 0 Å². The second kappa shape index (κ2) is 13.5. The molecule has 1 nitrogen and oxygen atoms in total. The maximum absolute atomic E-state index is 9.10. The number of benzene rings is 9. The number of fused-ring (bicyclic) bond motifs is 6. The van der Waals surface area contributed by atoms with Crippen LogP contribution in [0.1, 0.15) is 36.5 Å². The van der Waals surface area contributed by atoms with Crippen LogP contribution in [0.5, 0.6) is 0 Å². The predicted octanol–water partition coefficient (Wildman–Crippen LogP) is 14.5. The molecule has 0 fully saturated rings. The number of nitrogens with zero attached hydrogens (tertiary/aromatic N) is 1. The normalized spacial score (nSPS) is 14.2. The summed E-state index contributed by atoms with van der Waals surface area (Å²) in [5, 5.41) is 4.87. The molecule has 0 saturated carbocycles. The Labute approximate surface area is 319 Å². The van der Waals surface area contributed by atoms with Crippen molar-refractivity contribution in [2.45, 2.75) is 5.92 Å². The third kappa shape index (κ3) is 5.68. The molecule has 0 heterocycles. The standard InChI is InChI=1S/C53H37N/c1-3-13-40(14-4-1)53-49-22-12-11-21-48(49)52-36-44(33-34-50(52)53)54(42-16-5-2-6-17-42)43-31-27-38(28-32-43)24-23-37-25-29-39(30-26-37)51-35-41-15-7-8-18-45(41)46-19-9-10-20-47(46)51/h1-36,53H/b24-23+/i23D,24D. The number of hydrogen-bond acceptors (Lipinski definition) is 1. The SMILES string of the molecule is [2H]/C(=C(/[2H])c1ccc(N(c2ccccc2)c2ccc3c(c2)-c2ccccc2C3c2ccccc2)cc1)c1ccc(-c2cc3ccccc3c3ccccc23)cc1. The molecule has 0 saturated heterocycles. The Bertz CT molecular complexity index is 2910. The van der Waals surface area contributed by atoms with Gasteiger partial charge in [0.15, 0.2) is 0 Å². The van der Waals surface area contributed by atoms with Gasteiger partial charge in [-0.3, -0.25) is 0 Å². The zero-order valence-electron chi connectivity index (χ0n) is 31.7. The minimum Gasteiger partial charge on any atom is -0.310 e. The first-order valence-electron chi connectivity index (χ1n) is 19.5. The summed E-state index contributed by atoms with van der Waals surface area (Å²) in [6, 6.07) is 72.6. The molecule has 1 aliphatic rings. The molecule has 0 N–H and O–H groups in total. The fourth-order valence-electron chi connectivity index (χ4n) is 8.22. The average Bonchev–Trinajstić information content (AvgIpc) is 3.60. The lowest BCUT2D eigenvalue weighted by Gasteiger charge is -2.26. The molecule has 54 heavy (non-hydrogen) atoms. The Morgan fingerprint density at radius 2 is 0.944 bits per heavy atom. The lowest BCUT2D eigenvalue weighted by atomic mass is 9.89. The van der Waals surface area contributed by atoms with E-state index in [2.05, 4.69) is 181 Å². The van der Waals surface area contributed by atoms with Gasteiger partial charge in [-0.1, -0.05) is 176 Å². The van der Waals surface area contributed by atoms with Gasteiger partial charge < -0.3 is 4.90 Å². The van der Waals surface area contributed by atoms with Gasteiger partial charge in [0, 0.05) is 23.0 Å². The van der Waals surface area contributed by atoms with E-state index in [0.29, 0.717) is 11.1 Å². The van der Waals surface area contributed by atoms with Crippen LogP contribution in [0.3, 0.4) is 0 Å². The van der Waals surface area contributed by atoms with Crippen molar-refractivity contribution in [1.29, 1.82) is 0 Å². The van der Waals surface area contributed by atoms with Gasteiger partial charge in [-0.15, -0.1) is 0 Å². The summed E-state index contributed by atoms with van der Waals surface area (Å²) in [7, 11) is 0. The van der Waals surface area contributed by atoms with Crippen molar-refractivity contribution in [3.63, 3.8) is 0 Å². The molecule has 9 aromatic carbocycles. The molecule has 10 rings (SSSR count). The van der Waals surface area contributed by atoms with E-state index in [0.717, 1.165) is 28.2 Å². The number of hydrogen-bond donors (Lipinski definition) is 0. The predicted molar refractivity (Wildman–Crippen MR) is 230 cm³/mol. The van der Waals surface area contributed by atoms with Crippen LogP contribution in [0.4, 0.5) is 17.1 Å². The Morgan fingerprint density at radius 1 is 0.389 bits per heavy atom. The fraction of sp³-hybridized carbons (Fsp3) is 0.0189. The molecule has 0 aromatic heterocycles. The largest absolute Gasteiger partial charge is 0.310 e. The molecular weight excluding hydrogens is 651 g/mol. The van der Waals surface area contributed by atoms with Gasteiger partial charge in [-0.05, 0) is 114 Å². The molecule has 9 aromatic rings. The first-order valence-corrected chi connectivity index (χ1v) is 18.5. The monoisotopic (exact) mass is 689 g/mol. The zero-order chi connectivity index (χ0) is 37.6. The lowest BCUT2D eigenvalue weighted by Crippen LogP contribution is -2.10. The minimum atomic E-state index is 0.188. The van der Waals surface area contributed by atoms with Gasteiger partial charge in [-0.2, -0.15) is 0 Å². The maximum atomic E-state index is 9.10. The molecule has 0 bridgehead atoms. The summed E-state index contributed by atoms with van der Waals surface area (Å²) in [4.78, 5) is 2.27. The third-order valence-corrected chi connectivity index (χ3v) is 10.8. The average molecular weight is 690 g/mol. The highest BCUT2D eigenvalue weighted by atomic mass is 15.1. The Hall–Kier alpha value is -6.96. The number of para-hydroxylation sites is 1. The van der Waals surface area contributed by atoms with E-state index in [4.69, 9.17) is 2.74 Å². The molecule has 0 spiro atoms. The van der Waals surface area contributed by atoms with Crippen LogP contribution in [0.15, 0.2) is 206 Å². The highest BCUT2D eigenvalue weighted by Crippen LogP contribution is 2.50. The van der Waals surface area contributed by atoms with Gasteiger partial charge in [0.1, 0.15) is 0 Å². The van der Waals surface area contributed by atoms with E-state index in [1.165, 1.54) is 49.4 Å². The smallest absolute Gasteiger partial charge is 0.0629 e. The van der Waals surface area contributed by atoms with Crippen molar-refractivity contribution in [3.05, 3.63) is 234 Å². The van der Waals surface area contributed by atoms with Gasteiger partial charge >= 0.3 is 0 Å². The summed E-state index contributed by atoms with van der Waals surface area (Å²) >= 11 is 0. The lowest BCUT2D eigenvalue weighted by molar-refractivity contribution is 1.01. The van der Waals surface area contributed by atoms with Gasteiger partial charge in [-0.25, -0.2) is 0 Å². The van der Waals surface area contributed by atoms with Crippen LogP contribution in [0, 0.1) is 0 Å². The van der Waals surface area contributed by atoms with Crippen LogP contribution < -0.4 is 4.90 Å². The molecule has 1 atom stereocenters. The third-order valence-electron chi connectivity index (χ3n) is 10.8. The summed E-state index contributed by atoms with van der Waals surface area (Å²) in [6.07, 6.45) is 0. The summed E-state index contributed by atoms with van der Waals surface area (Å²) in [5.74, 6) is 0.192. The van der Waals surface area contributed by atoms with E-state index in [-0.39, 0.29) is 18.0 Å². The second-order valence-corrected chi connectivity index (χ2v) is 13.9. The highest BCUT2D eigenvalue weighted by Gasteiger charge is 2.30. The van der Waals surface area contributed by atoms with Crippen molar-refractivity contribution in [2.24, 2.45) is 0 Å². The highest BCUT2D eigenvalue weighted by molar-refractivity contribution is 6.13. The van der Waals surface area contributed by atoms with Gasteiger partial charge in [0.05, 0.1) is 2.74 Å². The van der Waals surface area contributed by atoms with Crippen molar-refractivity contribution in [2.75, 3.05) is 4.90 Å². The minimum absolute atomic E-state index is 0.188. The van der Waals surface area contributed by atoms with Crippen molar-refractivity contribution in [3.8, 4) is 22.3 Å². The van der Waals surface area contributed by atoms with Crippen LogP contribution in [0.2, 0.25) is 0 Å². The number of rotatable bonds is 7. The summed E-state index contributed by atoms with van der Waals surface area (Å²) < 4.78 is 18.2. The summed E-state index contributed by atoms with van der Waals surface area (Å²) in [6.45, 7) is 0. The molecule has 0 radical (unpaired) electrons. The van der Waals surface area contributed by atoms with Crippen LogP contribution in [-0.4, -0.2) is 0 Å². The summed E-state index contributed by atoms with van der Waals surface area (Å²) in [5.41, 5.74) is 13.2. The van der Waals surface area contributed by atoms with Gasteiger partial charge in [0.2, 0.25) is 0 Å². The molecule has 0 amide bonds. The van der Waals surface area contributed by atoms with Gasteiger partial charge in [0.25, 0.3) is 0 Å². The van der Waals surface area contributed by atoms with E-state index in [1.54, 1.807) is 0 Å². The molecule has 1 aliphatic carbocycles. The van der Waals surface area contributed by atoms with Crippen LogP contribution >= 0.6 is 0 Å². The van der Waals surface area contributed by atoms with Crippen molar-refractivity contribution in [1.82, 2.24) is 0 Å². The van der Waals surface area contributed by atoms with E-state index in [1.807, 2.05) is 30.3 Å². The second-order valence-electron chi connectivity index (χ2n) is 13.9. The van der Waals surface area contributed by atoms with Crippen molar-refractivity contribution >= 4 is 50.7 Å². The molecular formula is C53H37N. The Morgan fingerprint density at radius 3 is 1.70 bits per heavy atom. The molecule has 1 unspecified atom stereocenters. The topological polar surface area (TPSA) is 3.24 Å². The maximum Gasteiger partial charge on any atom is 0.0629 e. The fourth-order valence-corrected chi connectivity index (χ4v) is 8.22. The Kier molecular flexibility index (Phi) is 7.42. The van der Waals surface area contributed by atoms with E-state index >= 15 is 0 Å². The molecule has 1 heteroatoms. The van der Waals surface area contributed by atoms with E-state index < -0.39 is 0 Å². The molecule has 0 aliphatic heterocycles. The quantitative estimate of drug-likeness (QED) is 0.119. The first kappa shape index (κ1) is 29.6.